The van der Waals surface area contributed by atoms with Crippen LogP contribution >= 0.6 is 0 Å². The van der Waals surface area contributed by atoms with Crippen LogP contribution in [0.3, 0.4) is 0 Å². The molecule has 1 saturated carbocycles. The SMILES string of the molecule is CCC1NC(C2CCCC2)N(CCS(C)(=O)=O)C1=O. The first kappa shape index (κ1) is 14.8. The minimum absolute atomic E-state index is 0.0432. The van der Waals surface area contributed by atoms with E-state index in [-0.39, 0.29) is 23.9 Å². The molecule has 110 valence electrons. The van der Waals surface area contributed by atoms with Crippen molar-refractivity contribution in [2.24, 2.45) is 5.92 Å². The average molecular weight is 288 g/mol. The van der Waals surface area contributed by atoms with E-state index in [2.05, 4.69) is 5.32 Å². The van der Waals surface area contributed by atoms with Gasteiger partial charge in [0.15, 0.2) is 0 Å². The summed E-state index contributed by atoms with van der Waals surface area (Å²) >= 11 is 0. The van der Waals surface area contributed by atoms with Crippen molar-refractivity contribution in [3.8, 4) is 0 Å². The van der Waals surface area contributed by atoms with E-state index in [9.17, 15) is 13.2 Å². The average Bonchev–Trinajstić information content (AvgIpc) is 2.93. The van der Waals surface area contributed by atoms with Crippen LogP contribution in [0.4, 0.5) is 0 Å². The van der Waals surface area contributed by atoms with Crippen LogP contribution in [0.2, 0.25) is 0 Å². The molecule has 1 aliphatic heterocycles. The van der Waals surface area contributed by atoms with Crippen molar-refractivity contribution in [3.05, 3.63) is 0 Å². The molecule has 19 heavy (non-hydrogen) atoms. The van der Waals surface area contributed by atoms with Crippen molar-refractivity contribution in [2.75, 3.05) is 18.6 Å². The largest absolute Gasteiger partial charge is 0.324 e. The lowest BCUT2D eigenvalue weighted by Gasteiger charge is -2.28. The van der Waals surface area contributed by atoms with E-state index >= 15 is 0 Å². The molecule has 2 atom stereocenters. The number of amides is 1. The molecule has 1 amide bonds. The van der Waals surface area contributed by atoms with Crippen LogP contribution in [0.5, 0.6) is 0 Å². The monoisotopic (exact) mass is 288 g/mol. The van der Waals surface area contributed by atoms with Gasteiger partial charge in [-0.15, -0.1) is 0 Å². The lowest BCUT2D eigenvalue weighted by atomic mass is 10.0. The second-order valence-corrected chi connectivity index (χ2v) is 8.04. The quantitative estimate of drug-likeness (QED) is 0.811. The molecule has 2 fully saturated rings. The molecule has 5 nitrogen and oxygen atoms in total. The Balaban J connectivity index is 2.07. The van der Waals surface area contributed by atoms with Crippen LogP contribution in [0.1, 0.15) is 39.0 Å². The van der Waals surface area contributed by atoms with Crippen molar-refractivity contribution in [3.63, 3.8) is 0 Å². The third kappa shape index (κ3) is 3.48. The Morgan fingerprint density at radius 1 is 1.32 bits per heavy atom. The highest BCUT2D eigenvalue weighted by molar-refractivity contribution is 7.90. The molecule has 1 saturated heterocycles. The summed E-state index contributed by atoms with van der Waals surface area (Å²) in [6.45, 7) is 2.31. The van der Waals surface area contributed by atoms with Gasteiger partial charge >= 0.3 is 0 Å². The highest BCUT2D eigenvalue weighted by Crippen LogP contribution is 2.32. The van der Waals surface area contributed by atoms with E-state index in [4.69, 9.17) is 0 Å². The fraction of sp³-hybridized carbons (Fsp3) is 0.923. The summed E-state index contributed by atoms with van der Waals surface area (Å²) in [6, 6.07) is -0.134. The minimum Gasteiger partial charge on any atom is -0.324 e. The van der Waals surface area contributed by atoms with E-state index in [1.807, 2.05) is 6.92 Å². The normalized spacial score (nSPS) is 29.4. The lowest BCUT2D eigenvalue weighted by Crippen LogP contribution is -2.44. The number of hydrogen-bond donors (Lipinski definition) is 1. The van der Waals surface area contributed by atoms with Gasteiger partial charge in [-0.1, -0.05) is 19.8 Å². The Morgan fingerprint density at radius 2 is 1.95 bits per heavy atom. The molecular weight excluding hydrogens is 264 g/mol. The Bertz CT molecular complexity index is 429. The summed E-state index contributed by atoms with van der Waals surface area (Å²) in [5, 5.41) is 3.40. The maximum Gasteiger partial charge on any atom is 0.241 e. The first-order valence-electron chi connectivity index (χ1n) is 7.16. The van der Waals surface area contributed by atoms with Crippen molar-refractivity contribution >= 4 is 15.7 Å². The van der Waals surface area contributed by atoms with Crippen molar-refractivity contribution in [1.29, 1.82) is 0 Å². The molecule has 2 rings (SSSR count). The molecule has 0 spiro atoms. The van der Waals surface area contributed by atoms with Gasteiger partial charge in [0.2, 0.25) is 5.91 Å². The predicted molar refractivity (Wildman–Crippen MR) is 74.4 cm³/mol. The van der Waals surface area contributed by atoms with Crippen molar-refractivity contribution in [2.45, 2.75) is 51.2 Å². The van der Waals surface area contributed by atoms with E-state index in [0.29, 0.717) is 12.5 Å². The molecule has 0 aromatic rings. The van der Waals surface area contributed by atoms with Crippen molar-refractivity contribution < 1.29 is 13.2 Å². The number of sulfone groups is 1. The molecule has 2 unspecified atom stereocenters. The zero-order valence-corrected chi connectivity index (χ0v) is 12.6. The zero-order chi connectivity index (χ0) is 14.0. The molecule has 0 radical (unpaired) electrons. The smallest absolute Gasteiger partial charge is 0.241 e. The van der Waals surface area contributed by atoms with E-state index in [1.165, 1.54) is 19.1 Å². The van der Waals surface area contributed by atoms with Crippen LogP contribution in [0, 0.1) is 5.92 Å². The molecule has 6 heteroatoms. The molecular formula is C13H24N2O3S. The van der Waals surface area contributed by atoms with Gasteiger partial charge in [-0.05, 0) is 25.2 Å². The minimum atomic E-state index is -3.03. The van der Waals surface area contributed by atoms with Crippen LogP contribution < -0.4 is 5.32 Å². The zero-order valence-electron chi connectivity index (χ0n) is 11.8. The van der Waals surface area contributed by atoms with E-state index in [1.54, 1.807) is 4.90 Å². The van der Waals surface area contributed by atoms with Gasteiger partial charge < -0.3 is 4.90 Å². The van der Waals surface area contributed by atoms with Crippen LogP contribution in [-0.4, -0.2) is 50.0 Å². The first-order valence-corrected chi connectivity index (χ1v) is 9.22. The van der Waals surface area contributed by atoms with Crippen molar-refractivity contribution in [1.82, 2.24) is 10.2 Å². The van der Waals surface area contributed by atoms with Gasteiger partial charge in [0.05, 0.1) is 18.0 Å². The third-order valence-electron chi connectivity index (χ3n) is 4.25. The molecule has 0 aromatic carbocycles. The van der Waals surface area contributed by atoms with E-state index < -0.39 is 9.84 Å². The predicted octanol–water partition coefficient (Wildman–Crippen LogP) is 0.758. The highest BCUT2D eigenvalue weighted by atomic mass is 32.2. The van der Waals surface area contributed by atoms with Gasteiger partial charge in [-0.3, -0.25) is 10.1 Å². The summed E-state index contributed by atoms with van der Waals surface area (Å²) in [5.41, 5.74) is 0. The summed E-state index contributed by atoms with van der Waals surface area (Å²) in [5.74, 6) is 0.614. The van der Waals surface area contributed by atoms with E-state index in [0.717, 1.165) is 19.3 Å². The number of hydrogen-bond acceptors (Lipinski definition) is 4. The Labute approximate surface area is 115 Å². The topological polar surface area (TPSA) is 66.5 Å². The lowest BCUT2D eigenvalue weighted by molar-refractivity contribution is -0.130. The third-order valence-corrected chi connectivity index (χ3v) is 5.17. The molecule has 2 aliphatic rings. The molecule has 1 heterocycles. The van der Waals surface area contributed by atoms with Gasteiger partial charge in [0, 0.05) is 12.8 Å². The standard InChI is InChI=1S/C13H24N2O3S/c1-3-11-13(16)15(8-9-19(2,17)18)12(14-11)10-6-4-5-7-10/h10-12,14H,3-9H2,1-2H3. The molecule has 1 aliphatic carbocycles. The first-order chi connectivity index (χ1) is 8.92. The fourth-order valence-electron chi connectivity index (χ4n) is 3.17. The number of nitrogens with zero attached hydrogens (tertiary/aromatic N) is 1. The molecule has 1 N–H and O–H groups in total. The Morgan fingerprint density at radius 3 is 2.47 bits per heavy atom. The number of nitrogens with one attached hydrogen (secondary N) is 1. The number of carbonyl (C=O) groups is 1. The van der Waals surface area contributed by atoms with Crippen LogP contribution in [-0.2, 0) is 14.6 Å². The van der Waals surface area contributed by atoms with Gasteiger partial charge in [0.25, 0.3) is 0 Å². The second-order valence-electron chi connectivity index (χ2n) is 5.78. The van der Waals surface area contributed by atoms with Crippen LogP contribution in [0.15, 0.2) is 0 Å². The van der Waals surface area contributed by atoms with Gasteiger partial charge in [0.1, 0.15) is 9.84 Å². The summed E-state index contributed by atoms with van der Waals surface area (Å²) in [4.78, 5) is 14.1. The molecule has 0 aromatic heterocycles. The van der Waals surface area contributed by atoms with Crippen LogP contribution in [0.25, 0.3) is 0 Å². The second kappa shape index (κ2) is 5.79. The van der Waals surface area contributed by atoms with Gasteiger partial charge in [-0.25, -0.2) is 8.42 Å². The fourth-order valence-corrected chi connectivity index (χ4v) is 3.70. The summed E-state index contributed by atoms with van der Waals surface area (Å²) < 4.78 is 22.6. The Kier molecular flexibility index (Phi) is 4.50. The Hall–Kier alpha value is -0.620. The number of carbonyl (C=O) groups excluding carboxylic acids is 1. The van der Waals surface area contributed by atoms with Gasteiger partial charge in [-0.2, -0.15) is 0 Å². The maximum atomic E-state index is 12.3. The highest BCUT2D eigenvalue weighted by Gasteiger charge is 2.42. The summed E-state index contributed by atoms with van der Waals surface area (Å²) in [7, 11) is -3.03. The maximum absolute atomic E-state index is 12.3. The molecule has 0 bridgehead atoms. The summed E-state index contributed by atoms with van der Waals surface area (Å²) in [6.07, 6.45) is 6.73. The number of rotatable bonds is 5.